The van der Waals surface area contributed by atoms with Crippen molar-refractivity contribution < 1.29 is 19.0 Å². The Kier molecular flexibility index (Phi) is 4.95. The second-order valence-electron chi connectivity index (χ2n) is 11.1. The summed E-state index contributed by atoms with van der Waals surface area (Å²) in [7, 11) is 1.70. The fourth-order valence-corrected chi connectivity index (χ4v) is 7.43. The summed E-state index contributed by atoms with van der Waals surface area (Å²) in [5.74, 6) is 1.91. The van der Waals surface area contributed by atoms with Crippen molar-refractivity contribution in [3.8, 4) is 5.75 Å². The molecule has 32 heavy (non-hydrogen) atoms. The minimum absolute atomic E-state index is 0.0230. The van der Waals surface area contributed by atoms with Gasteiger partial charge in [0.1, 0.15) is 11.9 Å². The molecule has 3 saturated heterocycles. The molecule has 1 aromatic carbocycles. The predicted molar refractivity (Wildman–Crippen MR) is 122 cm³/mol. The molecular formula is C26H36N2O4. The lowest BCUT2D eigenvalue weighted by atomic mass is 9.53. The van der Waals surface area contributed by atoms with E-state index in [1.54, 1.807) is 7.11 Å². The van der Waals surface area contributed by atoms with Crippen LogP contribution in [-0.2, 0) is 14.3 Å². The Balaban J connectivity index is 1.10. The molecule has 0 aromatic heterocycles. The quantitative estimate of drug-likeness (QED) is 0.529. The van der Waals surface area contributed by atoms with Gasteiger partial charge in [-0.15, -0.1) is 0 Å². The van der Waals surface area contributed by atoms with Crippen molar-refractivity contribution in [2.45, 2.75) is 50.7 Å². The maximum absolute atomic E-state index is 12.9. The van der Waals surface area contributed by atoms with Crippen LogP contribution in [0.25, 0.3) is 0 Å². The molecule has 1 aromatic rings. The zero-order valence-corrected chi connectivity index (χ0v) is 19.4. The summed E-state index contributed by atoms with van der Waals surface area (Å²) < 4.78 is 17.3. The number of epoxide rings is 1. The number of benzene rings is 1. The van der Waals surface area contributed by atoms with Crippen molar-refractivity contribution in [2.24, 2.45) is 23.2 Å². The van der Waals surface area contributed by atoms with Crippen LogP contribution >= 0.6 is 0 Å². The van der Waals surface area contributed by atoms with Crippen molar-refractivity contribution in [1.29, 1.82) is 0 Å². The van der Waals surface area contributed by atoms with Crippen LogP contribution < -0.4 is 9.64 Å². The van der Waals surface area contributed by atoms with E-state index in [0.29, 0.717) is 11.8 Å². The summed E-state index contributed by atoms with van der Waals surface area (Å²) in [6.45, 7) is 8.14. The average molecular weight is 441 g/mol. The van der Waals surface area contributed by atoms with Gasteiger partial charge in [0.15, 0.2) is 0 Å². The Morgan fingerprint density at radius 3 is 2.56 bits per heavy atom. The molecule has 6 heteroatoms. The number of hydrogen-bond donors (Lipinski definition) is 0. The first kappa shape index (κ1) is 20.8. The highest BCUT2D eigenvalue weighted by molar-refractivity contribution is 5.75. The van der Waals surface area contributed by atoms with E-state index in [1.165, 1.54) is 24.9 Å². The second kappa shape index (κ2) is 7.63. The smallest absolute Gasteiger partial charge is 0.310 e. The zero-order chi connectivity index (χ0) is 21.9. The van der Waals surface area contributed by atoms with E-state index in [0.717, 1.165) is 57.9 Å². The van der Waals surface area contributed by atoms with Gasteiger partial charge in [-0.1, -0.05) is 6.92 Å². The minimum atomic E-state index is 0.0230. The number of methoxy groups -OCH3 is 1. The van der Waals surface area contributed by atoms with Gasteiger partial charge in [-0.2, -0.15) is 0 Å². The molecule has 1 spiro atoms. The molecule has 5 fully saturated rings. The van der Waals surface area contributed by atoms with Gasteiger partial charge in [-0.25, -0.2) is 0 Å². The third kappa shape index (κ3) is 3.41. The second-order valence-corrected chi connectivity index (χ2v) is 11.1. The number of anilines is 1. The van der Waals surface area contributed by atoms with Gasteiger partial charge in [0.05, 0.1) is 25.2 Å². The molecule has 6 rings (SSSR count). The van der Waals surface area contributed by atoms with Gasteiger partial charge in [-0.3, -0.25) is 9.69 Å². The van der Waals surface area contributed by atoms with Crippen LogP contribution in [-0.4, -0.2) is 69.0 Å². The number of hydrogen-bond acceptors (Lipinski definition) is 6. The fourth-order valence-electron chi connectivity index (χ4n) is 7.43. The minimum Gasteiger partial charge on any atom is -0.497 e. The summed E-state index contributed by atoms with van der Waals surface area (Å²) in [5, 5.41) is 0. The molecule has 0 unspecified atom stereocenters. The van der Waals surface area contributed by atoms with E-state index in [-0.39, 0.29) is 29.0 Å². The highest BCUT2D eigenvalue weighted by Crippen LogP contribution is 2.62. The predicted octanol–water partition coefficient (Wildman–Crippen LogP) is 3.34. The maximum Gasteiger partial charge on any atom is 0.310 e. The fraction of sp³-hybridized carbons (Fsp3) is 0.731. The lowest BCUT2D eigenvalue weighted by Gasteiger charge is -2.51. The number of carbonyl (C=O) groups excluding carboxylic acids is 1. The first-order valence-corrected chi connectivity index (χ1v) is 12.5. The van der Waals surface area contributed by atoms with Gasteiger partial charge >= 0.3 is 5.97 Å². The summed E-state index contributed by atoms with van der Waals surface area (Å²) in [6, 6.07) is 8.31. The summed E-state index contributed by atoms with van der Waals surface area (Å²) in [6.07, 6.45) is 5.95. The Hall–Kier alpha value is -1.79. The molecule has 3 aliphatic heterocycles. The Bertz CT molecular complexity index is 861. The van der Waals surface area contributed by atoms with Crippen LogP contribution in [0.5, 0.6) is 5.75 Å². The zero-order valence-electron chi connectivity index (χ0n) is 19.4. The van der Waals surface area contributed by atoms with Crippen LogP contribution in [0, 0.1) is 23.2 Å². The van der Waals surface area contributed by atoms with Crippen LogP contribution in [0.1, 0.15) is 39.0 Å². The molecule has 0 N–H and O–H groups in total. The van der Waals surface area contributed by atoms with E-state index in [1.807, 2.05) is 12.1 Å². The van der Waals surface area contributed by atoms with Gasteiger partial charge in [0.25, 0.3) is 0 Å². The van der Waals surface area contributed by atoms with Gasteiger partial charge in [0, 0.05) is 44.3 Å². The number of esters is 1. The largest absolute Gasteiger partial charge is 0.497 e. The average Bonchev–Trinajstić information content (AvgIpc) is 3.51. The topological polar surface area (TPSA) is 54.5 Å². The van der Waals surface area contributed by atoms with Crippen LogP contribution in [0.2, 0.25) is 0 Å². The lowest BCUT2D eigenvalue weighted by Crippen LogP contribution is -2.52. The van der Waals surface area contributed by atoms with Gasteiger partial charge in [0.2, 0.25) is 0 Å². The molecule has 174 valence electrons. The standard InChI is InChI=1S/C26H36N2O4/c1-25-8-3-9-26(17-31-26)23(25)14-20-21(24(29)32-22(20)15-25)16-27-10-12-28(13-11-27)18-4-6-19(30-2)7-5-18/h4-7,20-23H,3,8-17H2,1-2H3/t20-,21+,22-,23+,25-,26-/m1/s1. The van der Waals surface area contributed by atoms with E-state index in [9.17, 15) is 4.79 Å². The molecular weight excluding hydrogens is 404 g/mol. The van der Waals surface area contributed by atoms with Crippen molar-refractivity contribution in [2.75, 3.05) is 51.3 Å². The Morgan fingerprint density at radius 2 is 1.88 bits per heavy atom. The third-order valence-electron chi connectivity index (χ3n) is 9.34. The van der Waals surface area contributed by atoms with Crippen LogP contribution in [0.3, 0.4) is 0 Å². The summed E-state index contributed by atoms with van der Waals surface area (Å²) >= 11 is 0. The molecule has 6 atom stereocenters. The Labute approximate surface area is 191 Å². The number of ether oxygens (including phenoxy) is 3. The molecule has 2 aliphatic carbocycles. The van der Waals surface area contributed by atoms with Crippen LogP contribution in [0.15, 0.2) is 24.3 Å². The van der Waals surface area contributed by atoms with E-state index in [2.05, 4.69) is 28.9 Å². The summed E-state index contributed by atoms with van der Waals surface area (Å²) in [5.41, 5.74) is 1.64. The number of fused-ring (bicyclic) bond motifs is 3. The van der Waals surface area contributed by atoms with Crippen molar-refractivity contribution in [1.82, 2.24) is 4.90 Å². The molecule has 2 saturated carbocycles. The third-order valence-corrected chi connectivity index (χ3v) is 9.34. The summed E-state index contributed by atoms with van der Waals surface area (Å²) in [4.78, 5) is 17.8. The number of carbonyl (C=O) groups is 1. The number of piperazine rings is 1. The van der Waals surface area contributed by atoms with Gasteiger partial charge < -0.3 is 19.1 Å². The van der Waals surface area contributed by atoms with Gasteiger partial charge in [-0.05, 0) is 67.7 Å². The number of rotatable bonds is 4. The molecule has 3 heterocycles. The van der Waals surface area contributed by atoms with E-state index < -0.39 is 0 Å². The van der Waals surface area contributed by atoms with E-state index >= 15 is 0 Å². The SMILES string of the molecule is COc1ccc(N2CCN(C[C@@H]3C(=O)O[C@@H]4C[C@@]5(C)CCC[C@@]6(CO6)[C@H]5C[C@H]34)CC2)cc1. The first-order chi connectivity index (χ1) is 15.5. The van der Waals surface area contributed by atoms with Crippen LogP contribution in [0.4, 0.5) is 5.69 Å². The first-order valence-electron chi connectivity index (χ1n) is 12.5. The monoisotopic (exact) mass is 440 g/mol. The Morgan fingerprint density at radius 1 is 1.12 bits per heavy atom. The maximum atomic E-state index is 12.9. The molecule has 0 bridgehead atoms. The highest BCUT2D eigenvalue weighted by atomic mass is 16.6. The van der Waals surface area contributed by atoms with E-state index in [4.69, 9.17) is 14.2 Å². The molecule has 0 radical (unpaired) electrons. The van der Waals surface area contributed by atoms with Crippen molar-refractivity contribution in [3.05, 3.63) is 24.3 Å². The van der Waals surface area contributed by atoms with Crippen molar-refractivity contribution >= 4 is 11.7 Å². The molecule has 6 nitrogen and oxygen atoms in total. The lowest BCUT2D eigenvalue weighted by molar-refractivity contribution is -0.147. The normalized spacial score (nSPS) is 41.2. The number of nitrogens with zero attached hydrogens (tertiary/aromatic N) is 2. The van der Waals surface area contributed by atoms with Crippen molar-refractivity contribution in [3.63, 3.8) is 0 Å². The molecule has 0 amide bonds. The molecule has 5 aliphatic rings. The highest BCUT2D eigenvalue weighted by Gasteiger charge is 2.65.